The maximum atomic E-state index is 12.9. The van der Waals surface area contributed by atoms with E-state index in [-0.39, 0.29) is 18.3 Å². The van der Waals surface area contributed by atoms with E-state index in [1.165, 1.54) is 30.2 Å². The van der Waals surface area contributed by atoms with Crippen molar-refractivity contribution in [3.8, 4) is 5.75 Å². The Hall–Kier alpha value is -2.82. The minimum Gasteiger partial charge on any atom is -0.486 e. The summed E-state index contributed by atoms with van der Waals surface area (Å²) < 4.78 is 12.7. The molecule has 3 aromatic rings. The van der Waals surface area contributed by atoms with E-state index >= 15 is 0 Å². The number of aromatic nitrogens is 3. The van der Waals surface area contributed by atoms with E-state index in [4.69, 9.17) is 21.1 Å². The number of carbonyl (C=O) groups is 2. The van der Waals surface area contributed by atoms with Crippen molar-refractivity contribution in [2.75, 3.05) is 18.2 Å². The number of esters is 1. The lowest BCUT2D eigenvalue weighted by Crippen LogP contribution is -2.17. The Bertz CT molecular complexity index is 1240. The molecule has 0 bridgehead atoms. The Kier molecular flexibility index (Phi) is 9.06. The lowest BCUT2D eigenvalue weighted by atomic mass is 10.1. The molecular formula is C25H27ClN4O4S2. The van der Waals surface area contributed by atoms with Gasteiger partial charge in [-0.25, -0.2) is 4.79 Å². The fourth-order valence-electron chi connectivity index (χ4n) is 3.97. The van der Waals surface area contributed by atoms with Crippen LogP contribution in [0.2, 0.25) is 5.02 Å². The highest BCUT2D eigenvalue weighted by Crippen LogP contribution is 2.38. The highest BCUT2D eigenvalue weighted by atomic mass is 35.5. The molecule has 1 N–H and O–H groups in total. The van der Waals surface area contributed by atoms with Crippen LogP contribution in [0, 0.1) is 0 Å². The van der Waals surface area contributed by atoms with Gasteiger partial charge in [0.15, 0.2) is 11.0 Å². The van der Waals surface area contributed by atoms with Crippen molar-refractivity contribution in [1.82, 2.24) is 14.8 Å². The van der Waals surface area contributed by atoms with Crippen LogP contribution in [-0.4, -0.2) is 39.5 Å². The number of thioether (sulfide) groups is 1. The minimum atomic E-state index is -0.409. The van der Waals surface area contributed by atoms with Crippen molar-refractivity contribution in [2.24, 2.45) is 0 Å². The molecule has 0 atom stereocenters. The molecule has 0 saturated heterocycles. The average Bonchev–Trinajstić information content (AvgIpc) is 3.33. The third-order valence-corrected chi connectivity index (χ3v) is 8.11. The van der Waals surface area contributed by atoms with E-state index in [9.17, 15) is 9.59 Å². The molecule has 0 aliphatic heterocycles. The van der Waals surface area contributed by atoms with E-state index < -0.39 is 5.97 Å². The lowest BCUT2D eigenvalue weighted by Gasteiger charge is -2.10. The van der Waals surface area contributed by atoms with Crippen molar-refractivity contribution < 1.29 is 19.1 Å². The van der Waals surface area contributed by atoms with Gasteiger partial charge in [-0.2, -0.15) is 0 Å². The van der Waals surface area contributed by atoms with Crippen molar-refractivity contribution >= 4 is 51.6 Å². The molecule has 4 rings (SSSR count). The fourth-order valence-corrected chi connectivity index (χ4v) is 6.15. The summed E-state index contributed by atoms with van der Waals surface area (Å²) in [5.41, 5.74) is 1.51. The highest BCUT2D eigenvalue weighted by Gasteiger charge is 2.26. The molecule has 190 valence electrons. The normalized spacial score (nSPS) is 12.9. The number of carbonyl (C=O) groups excluding carboxylic acids is 2. The summed E-state index contributed by atoms with van der Waals surface area (Å²) in [6.07, 6.45) is 6.73. The van der Waals surface area contributed by atoms with Crippen LogP contribution in [0.4, 0.5) is 5.00 Å². The molecule has 2 aromatic heterocycles. The predicted molar refractivity (Wildman–Crippen MR) is 142 cm³/mol. The minimum absolute atomic E-state index is 0.108. The Balaban J connectivity index is 1.42. The number of fused-ring (bicyclic) bond motifs is 1. The molecule has 0 spiro atoms. The molecule has 1 aromatic carbocycles. The lowest BCUT2D eigenvalue weighted by molar-refractivity contribution is -0.113. The van der Waals surface area contributed by atoms with Gasteiger partial charge in [-0.3, -0.25) is 9.36 Å². The molecule has 0 radical (unpaired) electrons. The van der Waals surface area contributed by atoms with Crippen molar-refractivity contribution in [3.05, 3.63) is 63.8 Å². The number of allylic oxidation sites excluding steroid dienone is 1. The van der Waals surface area contributed by atoms with Gasteiger partial charge < -0.3 is 14.8 Å². The van der Waals surface area contributed by atoms with E-state index in [2.05, 4.69) is 22.1 Å². The molecule has 0 saturated carbocycles. The van der Waals surface area contributed by atoms with E-state index in [0.717, 1.165) is 42.5 Å². The standard InChI is InChI=1S/C25H27ClN4O4S2/c1-3-13-30-20(14-34-17-11-9-16(26)10-12-17)28-29-25(30)35-15-21(31)27-23-22(24(32)33-2)18-7-5-4-6-8-19(18)36-23/h3,9-12H,1,4-8,13-15H2,2H3,(H,27,31). The second kappa shape index (κ2) is 12.4. The molecule has 1 aliphatic rings. The van der Waals surface area contributed by atoms with E-state index in [1.54, 1.807) is 30.3 Å². The van der Waals surface area contributed by atoms with Crippen LogP contribution in [0.1, 0.15) is 45.9 Å². The van der Waals surface area contributed by atoms with E-state index in [1.807, 2.05) is 4.57 Å². The number of rotatable bonds is 10. The molecule has 1 aliphatic carbocycles. The summed E-state index contributed by atoms with van der Waals surface area (Å²) in [7, 11) is 1.37. The first-order valence-corrected chi connectivity index (χ1v) is 13.7. The van der Waals surface area contributed by atoms with Gasteiger partial charge >= 0.3 is 5.97 Å². The SMILES string of the molecule is C=CCn1c(COc2ccc(Cl)cc2)nnc1SCC(=O)Nc1sc2c(c1C(=O)OC)CCCCC2. The third kappa shape index (κ3) is 6.29. The molecule has 0 unspecified atom stereocenters. The molecule has 2 heterocycles. The molecule has 8 nitrogen and oxygen atoms in total. The summed E-state index contributed by atoms with van der Waals surface area (Å²) >= 11 is 8.66. The zero-order valence-corrected chi connectivity index (χ0v) is 22.3. The maximum Gasteiger partial charge on any atom is 0.341 e. The van der Waals surface area contributed by atoms with Crippen LogP contribution < -0.4 is 10.1 Å². The smallest absolute Gasteiger partial charge is 0.341 e. The van der Waals surface area contributed by atoms with Gasteiger partial charge in [0.25, 0.3) is 0 Å². The first-order valence-electron chi connectivity index (χ1n) is 11.6. The van der Waals surface area contributed by atoms with Crippen molar-refractivity contribution in [2.45, 2.75) is 50.4 Å². The number of amides is 1. The molecular weight excluding hydrogens is 520 g/mol. The number of hydrogen-bond donors (Lipinski definition) is 1. The number of benzene rings is 1. The van der Waals surface area contributed by atoms with Crippen LogP contribution in [0.25, 0.3) is 0 Å². The fraction of sp³-hybridized carbons (Fsp3) is 0.360. The second-order valence-electron chi connectivity index (χ2n) is 8.14. The topological polar surface area (TPSA) is 95.3 Å². The van der Waals surface area contributed by atoms with Crippen LogP contribution in [0.3, 0.4) is 0 Å². The summed E-state index contributed by atoms with van der Waals surface area (Å²) in [5, 5.41) is 13.2. The van der Waals surface area contributed by atoms with Gasteiger partial charge in [0.2, 0.25) is 5.91 Å². The number of hydrogen-bond acceptors (Lipinski definition) is 8. The quantitative estimate of drug-likeness (QED) is 0.154. The average molecular weight is 547 g/mol. The van der Waals surface area contributed by atoms with Crippen LogP contribution in [0.5, 0.6) is 5.75 Å². The zero-order chi connectivity index (χ0) is 25.5. The molecule has 36 heavy (non-hydrogen) atoms. The summed E-state index contributed by atoms with van der Waals surface area (Å²) in [4.78, 5) is 26.5. The summed E-state index contributed by atoms with van der Waals surface area (Å²) in [6.45, 7) is 4.49. The van der Waals surface area contributed by atoms with Crippen molar-refractivity contribution in [3.63, 3.8) is 0 Å². The van der Waals surface area contributed by atoms with Gasteiger partial charge in [0, 0.05) is 16.4 Å². The number of anilines is 1. The van der Waals surface area contributed by atoms with Gasteiger partial charge in [0.1, 0.15) is 17.4 Å². The number of halogens is 1. The Morgan fingerprint density at radius 2 is 2.00 bits per heavy atom. The Morgan fingerprint density at radius 1 is 1.22 bits per heavy atom. The van der Waals surface area contributed by atoms with Gasteiger partial charge in [-0.15, -0.1) is 28.1 Å². The van der Waals surface area contributed by atoms with Crippen molar-refractivity contribution in [1.29, 1.82) is 0 Å². The second-order valence-corrected chi connectivity index (χ2v) is 10.6. The predicted octanol–water partition coefficient (Wildman–Crippen LogP) is 5.54. The third-order valence-electron chi connectivity index (χ3n) is 5.68. The molecule has 1 amide bonds. The monoisotopic (exact) mass is 546 g/mol. The van der Waals surface area contributed by atoms with Gasteiger partial charge in [-0.05, 0) is 55.5 Å². The van der Waals surface area contributed by atoms with Crippen LogP contribution >= 0.6 is 34.7 Å². The number of nitrogens with one attached hydrogen (secondary N) is 1. The zero-order valence-electron chi connectivity index (χ0n) is 19.9. The number of ether oxygens (including phenoxy) is 2. The van der Waals surface area contributed by atoms with Crippen LogP contribution in [-0.2, 0) is 35.5 Å². The summed E-state index contributed by atoms with van der Waals surface area (Å²) in [5.74, 6) is 0.748. The first kappa shape index (κ1) is 26.2. The molecule has 11 heteroatoms. The number of nitrogens with zero attached hydrogens (tertiary/aromatic N) is 3. The largest absolute Gasteiger partial charge is 0.486 e. The van der Waals surface area contributed by atoms with Crippen LogP contribution in [0.15, 0.2) is 42.1 Å². The number of aryl methyl sites for hydroxylation is 1. The maximum absolute atomic E-state index is 12.9. The highest BCUT2D eigenvalue weighted by molar-refractivity contribution is 7.99. The van der Waals surface area contributed by atoms with E-state index in [0.29, 0.717) is 38.9 Å². The number of methoxy groups -OCH3 is 1. The Morgan fingerprint density at radius 3 is 2.75 bits per heavy atom. The number of thiophene rings is 1. The summed E-state index contributed by atoms with van der Waals surface area (Å²) in [6, 6.07) is 7.07. The first-order chi connectivity index (χ1) is 17.5. The Labute approximate surface area is 223 Å². The van der Waals surface area contributed by atoms with Gasteiger partial charge in [-0.1, -0.05) is 35.9 Å². The molecule has 0 fully saturated rings. The van der Waals surface area contributed by atoms with Gasteiger partial charge in [0.05, 0.1) is 18.4 Å².